The molecule has 0 aromatic carbocycles. The average molecular weight is 478 g/mol. The topological polar surface area (TPSA) is 9.23 Å². The van der Waals surface area contributed by atoms with Crippen LogP contribution >= 0.6 is 15.9 Å². The first-order valence-corrected chi connectivity index (χ1v) is 14.3. The lowest BCUT2D eigenvalue weighted by atomic mass is 9.28. The van der Waals surface area contributed by atoms with E-state index in [1.165, 1.54) is 83.5 Å². The van der Waals surface area contributed by atoms with Crippen molar-refractivity contribution < 1.29 is 4.74 Å². The van der Waals surface area contributed by atoms with Crippen LogP contribution in [0.15, 0.2) is 0 Å². The Labute approximate surface area is 194 Å². The van der Waals surface area contributed by atoms with E-state index in [2.05, 4.69) is 43.6 Å². The molecule has 2 heteroatoms. The summed E-state index contributed by atoms with van der Waals surface area (Å²) < 4.78 is 6.99. The van der Waals surface area contributed by atoms with Crippen molar-refractivity contribution in [1.29, 1.82) is 0 Å². The van der Waals surface area contributed by atoms with E-state index in [-0.39, 0.29) is 5.60 Å². The monoisotopic (exact) mass is 476 g/mol. The molecule has 0 aromatic rings. The molecule has 8 aliphatic rings. The van der Waals surface area contributed by atoms with Crippen molar-refractivity contribution in [2.75, 3.05) is 11.9 Å². The smallest absolute Gasteiger partial charge is 0.0698 e. The summed E-state index contributed by atoms with van der Waals surface area (Å²) in [5.41, 5.74) is 3.66. The van der Waals surface area contributed by atoms with Gasteiger partial charge in [-0.05, 0) is 128 Å². The molecule has 0 radical (unpaired) electrons. The van der Waals surface area contributed by atoms with Crippen molar-refractivity contribution in [3.8, 4) is 0 Å². The van der Waals surface area contributed by atoms with E-state index in [0.29, 0.717) is 32.5 Å². The Balaban J connectivity index is 1.39. The molecule has 8 bridgehead atoms. The van der Waals surface area contributed by atoms with Crippen molar-refractivity contribution in [3.05, 3.63) is 0 Å². The largest absolute Gasteiger partial charge is 0.375 e. The molecule has 8 fully saturated rings. The maximum absolute atomic E-state index is 6.99. The number of alkyl halides is 1. The third-order valence-corrected chi connectivity index (χ3v) is 11.8. The Morgan fingerprint density at radius 3 is 1.77 bits per heavy atom. The molecular weight excluding hydrogens is 432 g/mol. The van der Waals surface area contributed by atoms with Crippen LogP contribution in [0.1, 0.15) is 118 Å². The van der Waals surface area contributed by atoms with Crippen molar-refractivity contribution in [1.82, 2.24) is 0 Å². The minimum absolute atomic E-state index is 0.190. The van der Waals surface area contributed by atoms with E-state index >= 15 is 0 Å². The van der Waals surface area contributed by atoms with Crippen LogP contribution in [0.25, 0.3) is 0 Å². The molecule has 4 atom stereocenters. The predicted molar refractivity (Wildman–Crippen MR) is 128 cm³/mol. The Kier molecular flexibility index (Phi) is 4.28. The lowest BCUT2D eigenvalue weighted by Gasteiger charge is -2.78. The summed E-state index contributed by atoms with van der Waals surface area (Å²) in [5.74, 6) is 1.01. The highest BCUT2D eigenvalue weighted by atomic mass is 79.9. The van der Waals surface area contributed by atoms with Gasteiger partial charge in [0, 0.05) is 11.9 Å². The molecule has 30 heavy (non-hydrogen) atoms. The summed E-state index contributed by atoms with van der Waals surface area (Å²) in [4.78, 5) is 0. The maximum atomic E-state index is 6.99. The number of unbranched alkanes of at least 4 members (excludes halogenated alkanes) is 1. The lowest BCUT2D eigenvalue weighted by Crippen LogP contribution is -2.70. The molecule has 0 heterocycles. The molecule has 0 spiro atoms. The van der Waals surface area contributed by atoms with Gasteiger partial charge in [0.25, 0.3) is 0 Å². The average Bonchev–Trinajstić information content (AvgIpc) is 2.52. The summed E-state index contributed by atoms with van der Waals surface area (Å²) in [6, 6.07) is 0. The Bertz CT molecular complexity index is 705. The first-order chi connectivity index (χ1) is 14.0. The second-order valence-electron chi connectivity index (χ2n) is 15.3. The molecule has 0 amide bonds. The molecule has 0 saturated heterocycles. The fraction of sp³-hybridized carbons (Fsp3) is 1.00. The molecule has 4 unspecified atom stereocenters. The molecule has 170 valence electrons. The first kappa shape index (κ1) is 21.0. The number of halogens is 1. The van der Waals surface area contributed by atoms with Crippen molar-refractivity contribution >= 4 is 15.9 Å². The highest BCUT2D eigenvalue weighted by Gasteiger charge is 2.74. The van der Waals surface area contributed by atoms with Crippen LogP contribution in [0.2, 0.25) is 0 Å². The normalized spacial score (nSPS) is 60.5. The first-order valence-electron chi connectivity index (χ1n) is 13.2. The molecule has 0 N–H and O–H groups in total. The van der Waals surface area contributed by atoms with Crippen LogP contribution in [-0.4, -0.2) is 17.5 Å². The molecule has 8 rings (SSSR count). The molecule has 8 saturated carbocycles. The number of ether oxygens (including phenoxy) is 1. The van der Waals surface area contributed by atoms with Gasteiger partial charge in [0.1, 0.15) is 0 Å². The lowest BCUT2D eigenvalue weighted by molar-refractivity contribution is -0.306. The summed E-state index contributed by atoms with van der Waals surface area (Å²) >= 11 is 3.61. The zero-order chi connectivity index (χ0) is 21.1. The number of hydrogen-bond donors (Lipinski definition) is 0. The van der Waals surface area contributed by atoms with Crippen molar-refractivity contribution in [3.63, 3.8) is 0 Å². The van der Waals surface area contributed by atoms with Crippen LogP contribution in [0.3, 0.4) is 0 Å². The van der Waals surface area contributed by atoms with Gasteiger partial charge in [-0.25, -0.2) is 0 Å². The second kappa shape index (κ2) is 6.11. The minimum Gasteiger partial charge on any atom is -0.375 e. The van der Waals surface area contributed by atoms with E-state index in [4.69, 9.17) is 4.74 Å². The van der Waals surface area contributed by atoms with E-state index in [9.17, 15) is 0 Å². The van der Waals surface area contributed by atoms with Gasteiger partial charge in [0.15, 0.2) is 0 Å². The summed E-state index contributed by atoms with van der Waals surface area (Å²) in [5, 5.41) is 1.12. The van der Waals surface area contributed by atoms with Gasteiger partial charge in [-0.2, -0.15) is 0 Å². The predicted octanol–water partition coefficient (Wildman–Crippen LogP) is 8.29. The van der Waals surface area contributed by atoms with E-state index in [1.54, 1.807) is 6.42 Å². The SMILES string of the molecule is CC12CC3CC(C)(C1)CC(C14CC5(C)CC(C)(CC(OCCCCBr)(C5)C1)C4)(C3)C2. The fourth-order valence-corrected chi connectivity index (χ4v) is 13.2. The van der Waals surface area contributed by atoms with E-state index < -0.39 is 0 Å². The molecule has 1 nitrogen and oxygen atoms in total. The van der Waals surface area contributed by atoms with Gasteiger partial charge in [-0.3, -0.25) is 0 Å². The third-order valence-electron chi connectivity index (χ3n) is 11.2. The third kappa shape index (κ3) is 2.93. The Hall–Kier alpha value is 0.440. The van der Waals surface area contributed by atoms with Crippen LogP contribution in [0, 0.1) is 38.4 Å². The Morgan fingerprint density at radius 2 is 1.20 bits per heavy atom. The maximum Gasteiger partial charge on any atom is 0.0698 e. The number of rotatable bonds is 6. The van der Waals surface area contributed by atoms with Crippen LogP contribution in [-0.2, 0) is 4.74 Å². The molecule has 0 aliphatic heterocycles. The zero-order valence-electron chi connectivity index (χ0n) is 20.2. The van der Waals surface area contributed by atoms with Gasteiger partial charge in [0.05, 0.1) is 5.60 Å². The highest BCUT2D eigenvalue weighted by molar-refractivity contribution is 9.09. The standard InChI is InChI=1S/C28H45BrO/c1-22-9-21-10-23(2,12-22)15-26(11-21,14-22)27-16-24(3)13-25(4,17-27)19-28(18-24,20-27)30-8-6-5-7-29/h21H,5-20H2,1-4H3. The summed E-state index contributed by atoms with van der Waals surface area (Å²) in [6.07, 6.45) is 20.3. The minimum atomic E-state index is 0.190. The molecule has 8 aliphatic carbocycles. The van der Waals surface area contributed by atoms with Crippen LogP contribution in [0.4, 0.5) is 0 Å². The van der Waals surface area contributed by atoms with Crippen LogP contribution in [0.5, 0.6) is 0 Å². The zero-order valence-corrected chi connectivity index (χ0v) is 21.8. The van der Waals surface area contributed by atoms with Gasteiger partial charge < -0.3 is 4.74 Å². The quantitative estimate of drug-likeness (QED) is 0.276. The van der Waals surface area contributed by atoms with E-state index in [1.807, 2.05) is 0 Å². The highest BCUT2D eigenvalue weighted by Crippen LogP contribution is 2.82. The van der Waals surface area contributed by atoms with Gasteiger partial charge in [0.2, 0.25) is 0 Å². The summed E-state index contributed by atoms with van der Waals surface area (Å²) in [7, 11) is 0. The van der Waals surface area contributed by atoms with Crippen molar-refractivity contribution in [2.24, 2.45) is 38.4 Å². The molecule has 0 aromatic heterocycles. The van der Waals surface area contributed by atoms with Crippen LogP contribution < -0.4 is 0 Å². The van der Waals surface area contributed by atoms with E-state index in [0.717, 1.165) is 17.9 Å². The number of hydrogen-bond acceptors (Lipinski definition) is 1. The second-order valence-corrected chi connectivity index (χ2v) is 16.1. The van der Waals surface area contributed by atoms with Crippen molar-refractivity contribution in [2.45, 2.75) is 123 Å². The van der Waals surface area contributed by atoms with Gasteiger partial charge in [-0.15, -0.1) is 0 Å². The van der Waals surface area contributed by atoms with Gasteiger partial charge >= 0.3 is 0 Å². The Morgan fingerprint density at radius 1 is 0.633 bits per heavy atom. The molecular formula is C28H45BrO. The summed E-state index contributed by atoms with van der Waals surface area (Å²) in [6.45, 7) is 11.7. The van der Waals surface area contributed by atoms with Gasteiger partial charge in [-0.1, -0.05) is 43.6 Å². The fourth-order valence-electron chi connectivity index (χ4n) is 12.8.